The monoisotopic (exact) mass is 202 g/mol. The number of hydrogen-bond acceptors (Lipinski definition) is 0. The zero-order chi connectivity index (χ0) is 10.1. The zero-order valence-corrected chi connectivity index (χ0v) is 11.3. The predicted molar refractivity (Wildman–Crippen MR) is 63.1 cm³/mol. The fourth-order valence-corrected chi connectivity index (χ4v) is 3.99. The van der Waals surface area contributed by atoms with Crippen LogP contribution in [0.2, 0.25) is 0 Å². The largest absolute Gasteiger partial charge is 1.00 e. The van der Waals surface area contributed by atoms with E-state index in [1.54, 1.807) is 0 Å². The maximum atomic E-state index is 2.34. The van der Waals surface area contributed by atoms with Crippen LogP contribution in [0.5, 0.6) is 0 Å². The molecule has 0 heterocycles. The Morgan fingerprint density at radius 3 is 1.71 bits per heavy atom. The molecule has 0 aromatic heterocycles. The summed E-state index contributed by atoms with van der Waals surface area (Å²) in [5.41, 5.74) is 1.47. The molecule has 1 rings (SSSR count). The molecule has 0 saturated heterocycles. The molecule has 1 aromatic carbocycles. The third-order valence-electron chi connectivity index (χ3n) is 2.07. The van der Waals surface area contributed by atoms with E-state index in [2.05, 4.69) is 58.9 Å². The maximum Gasteiger partial charge on any atom is 1.00 e. The van der Waals surface area contributed by atoms with Gasteiger partial charge in [-0.05, 0) is 10.3 Å². The van der Waals surface area contributed by atoms with Gasteiger partial charge in [0.05, 0.1) is 0 Å². The normalized spacial score (nSPS) is 13.2. The van der Waals surface area contributed by atoms with E-state index < -0.39 is 0 Å². The SMILES string of the molecule is CC(C)(C)PC(C)(C)[c-]1cccc1.[Li+]. The molecule has 0 radical (unpaired) electrons. The third-order valence-corrected chi connectivity index (χ3v) is 3.74. The van der Waals surface area contributed by atoms with Crippen molar-refractivity contribution < 1.29 is 18.9 Å². The van der Waals surface area contributed by atoms with Crippen molar-refractivity contribution >= 4 is 8.58 Å². The molecule has 0 aliphatic rings. The van der Waals surface area contributed by atoms with Crippen molar-refractivity contribution in [1.82, 2.24) is 0 Å². The molecule has 0 spiro atoms. The van der Waals surface area contributed by atoms with E-state index in [1.807, 2.05) is 0 Å². The van der Waals surface area contributed by atoms with Crippen LogP contribution in [-0.4, -0.2) is 5.16 Å². The first-order chi connectivity index (χ1) is 5.81. The van der Waals surface area contributed by atoms with Gasteiger partial charge in [-0.25, -0.2) is 12.1 Å². The fourth-order valence-electron chi connectivity index (χ4n) is 1.80. The van der Waals surface area contributed by atoms with Gasteiger partial charge in [-0.2, -0.15) is 12.1 Å². The summed E-state index contributed by atoms with van der Waals surface area (Å²) in [6.45, 7) is 11.6. The van der Waals surface area contributed by atoms with Gasteiger partial charge < -0.3 is 0 Å². The van der Waals surface area contributed by atoms with E-state index in [0.717, 1.165) is 8.58 Å². The van der Waals surface area contributed by atoms with Gasteiger partial charge in [0.1, 0.15) is 0 Å². The Labute approximate surface area is 102 Å². The molecule has 14 heavy (non-hydrogen) atoms. The van der Waals surface area contributed by atoms with Gasteiger partial charge in [0.2, 0.25) is 0 Å². The smallest absolute Gasteiger partial charge is 0.213 e. The molecule has 1 atom stereocenters. The summed E-state index contributed by atoms with van der Waals surface area (Å²) < 4.78 is 0. The van der Waals surface area contributed by atoms with Crippen LogP contribution in [0.15, 0.2) is 24.3 Å². The molecule has 1 unspecified atom stereocenters. The minimum absolute atomic E-state index is 0. The van der Waals surface area contributed by atoms with Crippen molar-refractivity contribution in [1.29, 1.82) is 0 Å². The molecule has 0 nitrogen and oxygen atoms in total. The van der Waals surface area contributed by atoms with Crippen molar-refractivity contribution in [2.45, 2.75) is 44.9 Å². The van der Waals surface area contributed by atoms with E-state index in [0.29, 0.717) is 10.3 Å². The van der Waals surface area contributed by atoms with E-state index in [-0.39, 0.29) is 18.9 Å². The molecule has 0 bridgehead atoms. The van der Waals surface area contributed by atoms with Gasteiger partial charge in [0, 0.05) is 0 Å². The summed E-state index contributed by atoms with van der Waals surface area (Å²) in [6, 6.07) is 8.73. The fraction of sp³-hybridized carbons (Fsp3) is 0.583. The Balaban J connectivity index is 0.00000169. The average Bonchev–Trinajstić information content (AvgIpc) is 2.29. The van der Waals surface area contributed by atoms with Crippen molar-refractivity contribution in [3.05, 3.63) is 29.8 Å². The second kappa shape index (κ2) is 4.94. The van der Waals surface area contributed by atoms with Crippen LogP contribution in [0, 0.1) is 0 Å². The molecule has 1 aromatic rings. The predicted octanol–water partition coefficient (Wildman–Crippen LogP) is 1.12. The van der Waals surface area contributed by atoms with Crippen LogP contribution >= 0.6 is 8.58 Å². The minimum atomic E-state index is 0. The summed E-state index contributed by atoms with van der Waals surface area (Å²) in [6.07, 6.45) is 0. The molecule has 2 heteroatoms. The Morgan fingerprint density at radius 2 is 1.36 bits per heavy atom. The van der Waals surface area contributed by atoms with Gasteiger partial charge in [0.15, 0.2) is 0 Å². The summed E-state index contributed by atoms with van der Waals surface area (Å²) in [4.78, 5) is 0. The third kappa shape index (κ3) is 4.27. The molecule has 0 aliphatic heterocycles. The topological polar surface area (TPSA) is 0 Å². The van der Waals surface area contributed by atoms with Crippen LogP contribution in [0.1, 0.15) is 40.2 Å². The van der Waals surface area contributed by atoms with Gasteiger partial charge in [-0.1, -0.05) is 34.6 Å². The van der Waals surface area contributed by atoms with Crippen LogP contribution in [0.3, 0.4) is 0 Å². The molecular formula is C12H20LiP. The van der Waals surface area contributed by atoms with Crippen molar-refractivity contribution in [3.63, 3.8) is 0 Å². The minimum Gasteiger partial charge on any atom is -0.213 e. The van der Waals surface area contributed by atoms with Gasteiger partial charge in [0.25, 0.3) is 0 Å². The average molecular weight is 202 g/mol. The molecule has 0 aliphatic carbocycles. The van der Waals surface area contributed by atoms with E-state index >= 15 is 0 Å². The molecule has 0 N–H and O–H groups in total. The summed E-state index contributed by atoms with van der Waals surface area (Å²) in [5, 5.41) is 0.766. The first-order valence-electron chi connectivity index (χ1n) is 4.83. The Bertz CT molecular complexity index is 254. The van der Waals surface area contributed by atoms with E-state index in [4.69, 9.17) is 0 Å². The molecule has 0 amide bonds. The van der Waals surface area contributed by atoms with Crippen LogP contribution < -0.4 is 18.9 Å². The van der Waals surface area contributed by atoms with E-state index in [1.165, 1.54) is 5.56 Å². The molecule has 0 fully saturated rings. The van der Waals surface area contributed by atoms with Gasteiger partial charge in [-0.3, -0.25) is 0 Å². The van der Waals surface area contributed by atoms with Crippen LogP contribution in [0.4, 0.5) is 0 Å². The summed E-state index contributed by atoms with van der Waals surface area (Å²) in [5.74, 6) is 0. The zero-order valence-electron chi connectivity index (χ0n) is 10.3. The van der Waals surface area contributed by atoms with Crippen molar-refractivity contribution in [3.8, 4) is 0 Å². The molecule has 0 saturated carbocycles. The van der Waals surface area contributed by atoms with E-state index in [9.17, 15) is 0 Å². The maximum absolute atomic E-state index is 2.34. The second-order valence-electron chi connectivity index (χ2n) is 5.17. The van der Waals surface area contributed by atoms with Crippen LogP contribution in [0.25, 0.3) is 0 Å². The Hall–Kier alpha value is 0.377. The first-order valence-corrected chi connectivity index (χ1v) is 5.83. The van der Waals surface area contributed by atoms with Crippen LogP contribution in [-0.2, 0) is 5.16 Å². The molecule has 74 valence electrons. The number of rotatable bonds is 2. The summed E-state index contributed by atoms with van der Waals surface area (Å²) >= 11 is 0. The Kier molecular flexibility index (Phi) is 5.07. The van der Waals surface area contributed by atoms with Crippen molar-refractivity contribution in [2.75, 3.05) is 0 Å². The van der Waals surface area contributed by atoms with Gasteiger partial charge >= 0.3 is 18.9 Å². The van der Waals surface area contributed by atoms with Crippen molar-refractivity contribution in [2.24, 2.45) is 0 Å². The second-order valence-corrected chi connectivity index (χ2v) is 8.17. The number of hydrogen-bond donors (Lipinski definition) is 0. The molecular weight excluding hydrogens is 182 g/mol. The first kappa shape index (κ1) is 14.4. The van der Waals surface area contributed by atoms with Gasteiger partial charge in [-0.15, -0.1) is 14.1 Å². The standard InChI is InChI=1S/C12H20P.Li/c1-11(2,3)13-12(4,5)10-8-6-7-9-10;/h6-9,13H,1-5H3;/q-1;+1. The Morgan fingerprint density at radius 1 is 0.929 bits per heavy atom. The quantitative estimate of drug-likeness (QED) is 0.383. The summed E-state index contributed by atoms with van der Waals surface area (Å²) in [7, 11) is 0.963.